The van der Waals surface area contributed by atoms with E-state index in [-0.39, 0.29) is 0 Å². The fourth-order valence-corrected chi connectivity index (χ4v) is 4.42. The van der Waals surface area contributed by atoms with Crippen molar-refractivity contribution in [3.63, 3.8) is 0 Å². The van der Waals surface area contributed by atoms with Crippen molar-refractivity contribution in [1.29, 1.82) is 0 Å². The molecule has 0 saturated carbocycles. The Morgan fingerprint density at radius 1 is 1.10 bits per heavy atom. The zero-order valence-corrected chi connectivity index (χ0v) is 14.7. The van der Waals surface area contributed by atoms with Gasteiger partial charge < -0.3 is 23.5 Å². The van der Waals surface area contributed by atoms with Gasteiger partial charge in [-0.25, -0.2) is 0 Å². The molecule has 0 fully saturated rings. The van der Waals surface area contributed by atoms with Gasteiger partial charge in [-0.3, -0.25) is 0 Å². The van der Waals surface area contributed by atoms with Crippen molar-refractivity contribution in [2.45, 2.75) is 26.3 Å². The first-order valence-corrected chi connectivity index (χ1v) is 9.24. The number of hydrogen-bond donors (Lipinski definition) is 1. The van der Waals surface area contributed by atoms with E-state index >= 15 is 0 Å². The van der Waals surface area contributed by atoms with Gasteiger partial charge in [0, 0.05) is 33.9 Å². The Bertz CT molecular complexity index is 484. The molecule has 21 heavy (non-hydrogen) atoms. The summed E-state index contributed by atoms with van der Waals surface area (Å²) < 4.78 is 16.4. The molecular formula is C15H26N2O3Si. The Morgan fingerprint density at radius 3 is 2.33 bits per heavy atom. The first-order valence-electron chi connectivity index (χ1n) is 7.30. The summed E-state index contributed by atoms with van der Waals surface area (Å²) in [5, 5.41) is 3.45. The number of anilines is 2. The minimum Gasteiger partial charge on any atom is -0.377 e. The molecule has 0 amide bonds. The van der Waals surface area contributed by atoms with Crippen molar-refractivity contribution in [3.05, 3.63) is 23.3 Å². The molecule has 2 rings (SSSR count). The average Bonchev–Trinajstić information content (AvgIpc) is 2.87. The topological polar surface area (TPSA) is 43.0 Å². The number of nitrogens with zero attached hydrogens (tertiary/aromatic N) is 1. The van der Waals surface area contributed by atoms with Gasteiger partial charge in [-0.2, -0.15) is 0 Å². The van der Waals surface area contributed by atoms with Gasteiger partial charge in [0.15, 0.2) is 0 Å². The maximum atomic E-state index is 5.47. The average molecular weight is 310 g/mol. The molecule has 1 aliphatic rings. The second kappa shape index (κ2) is 6.78. The third-order valence-corrected chi connectivity index (χ3v) is 7.09. The summed E-state index contributed by atoms with van der Waals surface area (Å²) in [5.41, 5.74) is 5.17. The molecule has 1 heterocycles. The van der Waals surface area contributed by atoms with Crippen LogP contribution in [0.5, 0.6) is 0 Å². The third kappa shape index (κ3) is 3.40. The molecular weight excluding hydrogens is 284 g/mol. The quantitative estimate of drug-likeness (QED) is 0.785. The van der Waals surface area contributed by atoms with Crippen LogP contribution in [0.1, 0.15) is 17.5 Å². The van der Waals surface area contributed by atoms with Crippen molar-refractivity contribution in [1.82, 2.24) is 0 Å². The molecule has 5 nitrogen and oxygen atoms in total. The predicted octanol–water partition coefficient (Wildman–Crippen LogP) is 2.76. The molecule has 0 unspecified atom stereocenters. The summed E-state index contributed by atoms with van der Waals surface area (Å²) in [5.74, 6) is 0. The lowest BCUT2D eigenvalue weighted by Gasteiger charge is -2.26. The zero-order chi connectivity index (χ0) is 15.5. The van der Waals surface area contributed by atoms with Gasteiger partial charge in [0.1, 0.15) is 0 Å². The summed E-state index contributed by atoms with van der Waals surface area (Å²) in [7, 11) is 2.55. The van der Waals surface area contributed by atoms with Crippen LogP contribution in [0.4, 0.5) is 11.4 Å². The van der Waals surface area contributed by atoms with Crippen LogP contribution in [0.3, 0.4) is 0 Å². The van der Waals surface area contributed by atoms with Crippen LogP contribution in [0.2, 0.25) is 6.04 Å². The highest BCUT2D eigenvalue weighted by atomic mass is 28.4. The van der Waals surface area contributed by atoms with Crippen molar-refractivity contribution in [2.75, 3.05) is 44.8 Å². The van der Waals surface area contributed by atoms with Crippen molar-refractivity contribution < 1.29 is 13.3 Å². The van der Waals surface area contributed by atoms with E-state index in [0.29, 0.717) is 0 Å². The maximum absolute atomic E-state index is 5.47. The highest BCUT2D eigenvalue weighted by molar-refractivity contribution is 6.60. The van der Waals surface area contributed by atoms with Crippen molar-refractivity contribution in [3.8, 4) is 0 Å². The van der Waals surface area contributed by atoms with E-state index in [4.69, 9.17) is 13.3 Å². The van der Waals surface area contributed by atoms with E-state index in [9.17, 15) is 0 Å². The van der Waals surface area contributed by atoms with E-state index in [1.165, 1.54) is 22.5 Å². The standard InChI is InChI=1S/C15H26N2O3Si/c1-12-9-14-15(10-13(12)2)17(11-16-14)7-6-8-21(18-3,19-4)20-5/h9-10,16H,6-8,11H2,1-5H3. The Balaban J connectivity index is 1.97. The predicted molar refractivity (Wildman–Crippen MR) is 88.0 cm³/mol. The SMILES string of the molecule is CO[Si](CCCN1CNc2cc(C)c(C)cc21)(OC)OC. The van der Waals surface area contributed by atoms with Crippen LogP contribution < -0.4 is 10.2 Å². The first-order chi connectivity index (χ1) is 10.0. The minimum atomic E-state index is -2.45. The molecule has 0 aliphatic carbocycles. The monoisotopic (exact) mass is 310 g/mol. The molecule has 1 N–H and O–H groups in total. The van der Waals surface area contributed by atoms with Gasteiger partial charge in [-0.15, -0.1) is 0 Å². The zero-order valence-electron chi connectivity index (χ0n) is 13.7. The largest absolute Gasteiger partial charge is 0.500 e. The van der Waals surface area contributed by atoms with Crippen LogP contribution in [0, 0.1) is 13.8 Å². The third-order valence-electron chi connectivity index (χ3n) is 4.26. The molecule has 118 valence electrons. The molecule has 0 saturated heterocycles. The lowest BCUT2D eigenvalue weighted by Crippen LogP contribution is -2.43. The van der Waals surface area contributed by atoms with Gasteiger partial charge in [0.25, 0.3) is 0 Å². The van der Waals surface area contributed by atoms with Gasteiger partial charge in [0.2, 0.25) is 0 Å². The Labute approximate surface area is 128 Å². The molecule has 6 heteroatoms. The van der Waals surface area contributed by atoms with Crippen molar-refractivity contribution >= 4 is 20.2 Å². The number of nitrogens with one attached hydrogen (secondary N) is 1. The van der Waals surface area contributed by atoms with Gasteiger partial charge in [-0.1, -0.05) is 0 Å². The lowest BCUT2D eigenvalue weighted by molar-refractivity contribution is 0.123. The number of aryl methyl sites for hydroxylation is 2. The minimum absolute atomic E-state index is 0.827. The molecule has 0 atom stereocenters. The summed E-state index contributed by atoms with van der Waals surface area (Å²) in [6.45, 7) is 6.13. The van der Waals surface area contributed by atoms with Gasteiger partial charge in [0.05, 0.1) is 18.0 Å². The van der Waals surface area contributed by atoms with Crippen LogP contribution in [0.25, 0.3) is 0 Å². The summed E-state index contributed by atoms with van der Waals surface area (Å²) in [4.78, 5) is 2.36. The van der Waals surface area contributed by atoms with E-state index in [1.807, 2.05) is 0 Å². The fourth-order valence-electron chi connectivity index (χ4n) is 2.71. The summed E-state index contributed by atoms with van der Waals surface area (Å²) in [6, 6.07) is 5.31. The van der Waals surface area contributed by atoms with Gasteiger partial charge in [-0.05, 0) is 43.5 Å². The maximum Gasteiger partial charge on any atom is 0.500 e. The van der Waals surface area contributed by atoms with Crippen molar-refractivity contribution in [2.24, 2.45) is 0 Å². The molecule has 0 bridgehead atoms. The van der Waals surface area contributed by atoms with E-state index < -0.39 is 8.80 Å². The second-order valence-corrected chi connectivity index (χ2v) is 8.54. The molecule has 1 aromatic rings. The summed E-state index contributed by atoms with van der Waals surface area (Å²) in [6.07, 6.45) is 0.982. The molecule has 0 aromatic heterocycles. The highest BCUT2D eigenvalue weighted by Gasteiger charge is 2.37. The van der Waals surface area contributed by atoms with Crippen LogP contribution in [0.15, 0.2) is 12.1 Å². The van der Waals surface area contributed by atoms with E-state index in [2.05, 4.69) is 36.2 Å². The number of benzene rings is 1. The molecule has 0 spiro atoms. The van der Waals surface area contributed by atoms with Crippen LogP contribution in [-0.4, -0.2) is 43.3 Å². The number of fused-ring (bicyclic) bond motifs is 1. The number of rotatable bonds is 7. The normalized spacial score (nSPS) is 14.2. The summed E-state index contributed by atoms with van der Waals surface area (Å²) >= 11 is 0. The Morgan fingerprint density at radius 2 is 1.71 bits per heavy atom. The van der Waals surface area contributed by atoms with E-state index in [0.717, 1.165) is 25.7 Å². The molecule has 1 aromatic carbocycles. The second-order valence-electron chi connectivity index (χ2n) is 5.45. The van der Waals surface area contributed by atoms with E-state index in [1.54, 1.807) is 21.3 Å². The Kier molecular flexibility index (Phi) is 5.26. The smallest absolute Gasteiger partial charge is 0.377 e. The first kappa shape index (κ1) is 16.3. The van der Waals surface area contributed by atoms with Crippen LogP contribution >= 0.6 is 0 Å². The van der Waals surface area contributed by atoms with Gasteiger partial charge >= 0.3 is 8.80 Å². The molecule has 0 radical (unpaired) electrons. The highest BCUT2D eigenvalue weighted by Crippen LogP contribution is 2.34. The molecule has 1 aliphatic heterocycles. The fraction of sp³-hybridized carbons (Fsp3) is 0.600. The lowest BCUT2D eigenvalue weighted by atomic mass is 10.1. The van der Waals surface area contributed by atoms with Crippen LogP contribution in [-0.2, 0) is 13.3 Å². The Hall–Kier alpha value is -1.08. The number of hydrogen-bond acceptors (Lipinski definition) is 5.